The molecule has 2 aromatic heterocycles. The van der Waals surface area contributed by atoms with Crippen molar-refractivity contribution >= 4 is 24.3 Å². The average Bonchev–Trinajstić information content (AvgIpc) is 2.80. The molecule has 7 heteroatoms. The van der Waals surface area contributed by atoms with Crippen molar-refractivity contribution in [2.75, 3.05) is 12.3 Å². The number of hydrogen-bond donors (Lipinski definition) is 3. The normalized spacial score (nSPS) is 17.3. The van der Waals surface area contributed by atoms with E-state index in [0.717, 1.165) is 11.4 Å². The van der Waals surface area contributed by atoms with E-state index in [-0.39, 0.29) is 30.2 Å². The first-order valence-corrected chi connectivity index (χ1v) is 5.75. The van der Waals surface area contributed by atoms with Crippen molar-refractivity contribution in [3.63, 3.8) is 0 Å². The number of rotatable bonds is 1. The summed E-state index contributed by atoms with van der Waals surface area (Å²) in [4.78, 5) is 23.0. The number of halogens is 1. The largest absolute Gasteiger partial charge is 0.368 e. The van der Waals surface area contributed by atoms with Crippen molar-refractivity contribution in [3.05, 3.63) is 29.6 Å². The molecule has 0 saturated heterocycles. The molecule has 1 atom stereocenters. The fourth-order valence-corrected chi connectivity index (χ4v) is 2.15. The molecule has 0 spiro atoms. The average molecular weight is 280 g/mol. The van der Waals surface area contributed by atoms with E-state index in [1.54, 1.807) is 12.3 Å². The number of aromatic amines is 1. The Morgan fingerprint density at radius 3 is 2.95 bits per heavy atom. The summed E-state index contributed by atoms with van der Waals surface area (Å²) in [7, 11) is 0. The van der Waals surface area contributed by atoms with Gasteiger partial charge in [-0.3, -0.25) is 4.79 Å². The molecule has 6 nitrogen and oxygen atoms in total. The first-order chi connectivity index (χ1) is 8.65. The molecule has 3 heterocycles. The zero-order valence-corrected chi connectivity index (χ0v) is 11.1. The van der Waals surface area contributed by atoms with Crippen molar-refractivity contribution < 1.29 is 4.79 Å². The lowest BCUT2D eigenvalue weighted by Crippen LogP contribution is -2.33. The Hall–Kier alpha value is -2.08. The van der Waals surface area contributed by atoms with Crippen molar-refractivity contribution in [1.29, 1.82) is 0 Å². The highest BCUT2D eigenvalue weighted by Crippen LogP contribution is 2.27. The van der Waals surface area contributed by atoms with Crippen LogP contribution in [-0.2, 0) is 0 Å². The maximum atomic E-state index is 11.8. The van der Waals surface area contributed by atoms with Gasteiger partial charge in [-0.25, -0.2) is 9.97 Å². The molecule has 1 aliphatic heterocycles. The molecule has 0 aromatic carbocycles. The molecular weight excluding hydrogens is 266 g/mol. The molecule has 1 aliphatic rings. The number of carbonyl (C=O) groups excluding carboxylic acids is 1. The van der Waals surface area contributed by atoms with E-state index in [1.165, 1.54) is 0 Å². The Morgan fingerprint density at radius 2 is 2.26 bits per heavy atom. The van der Waals surface area contributed by atoms with Gasteiger partial charge in [0.2, 0.25) is 5.95 Å². The van der Waals surface area contributed by atoms with E-state index in [2.05, 4.69) is 27.2 Å². The number of H-pyrrole nitrogens is 1. The van der Waals surface area contributed by atoms with Gasteiger partial charge in [-0.1, -0.05) is 6.92 Å². The number of anilines is 1. The third-order valence-electron chi connectivity index (χ3n) is 3.10. The van der Waals surface area contributed by atoms with Crippen LogP contribution in [0.3, 0.4) is 0 Å². The van der Waals surface area contributed by atoms with Crippen LogP contribution < -0.4 is 11.1 Å². The first kappa shape index (κ1) is 13.4. The summed E-state index contributed by atoms with van der Waals surface area (Å²) in [6, 6.07) is 3.57. The van der Waals surface area contributed by atoms with Crippen LogP contribution in [0.2, 0.25) is 0 Å². The minimum atomic E-state index is -0.0485. The quantitative estimate of drug-likeness (QED) is 0.733. The van der Waals surface area contributed by atoms with Crippen LogP contribution in [0.4, 0.5) is 5.95 Å². The van der Waals surface area contributed by atoms with Crippen LogP contribution in [0, 0.1) is 0 Å². The maximum Gasteiger partial charge on any atom is 0.253 e. The number of nitrogens with two attached hydrogens (primary N) is 1. The third kappa shape index (κ3) is 2.26. The molecule has 0 bridgehead atoms. The summed E-state index contributed by atoms with van der Waals surface area (Å²) in [5.41, 5.74) is 8.67. The summed E-state index contributed by atoms with van der Waals surface area (Å²) in [6.07, 6.45) is 1.60. The molecule has 2 aromatic rings. The second-order valence-electron chi connectivity index (χ2n) is 4.42. The fraction of sp³-hybridized carbons (Fsp3) is 0.250. The van der Waals surface area contributed by atoms with Crippen LogP contribution in [0.25, 0.3) is 11.4 Å². The van der Waals surface area contributed by atoms with Crippen LogP contribution in [0.15, 0.2) is 18.3 Å². The second-order valence-corrected chi connectivity index (χ2v) is 4.42. The molecule has 0 saturated carbocycles. The Morgan fingerprint density at radius 1 is 1.47 bits per heavy atom. The molecule has 4 N–H and O–H groups in total. The van der Waals surface area contributed by atoms with Gasteiger partial charge in [0.1, 0.15) is 0 Å². The predicted octanol–water partition coefficient (Wildman–Crippen LogP) is 1.32. The highest BCUT2D eigenvalue weighted by molar-refractivity contribution is 5.98. The van der Waals surface area contributed by atoms with E-state index >= 15 is 0 Å². The smallest absolute Gasteiger partial charge is 0.253 e. The zero-order chi connectivity index (χ0) is 12.7. The van der Waals surface area contributed by atoms with Crippen molar-refractivity contribution in [2.45, 2.75) is 12.8 Å². The summed E-state index contributed by atoms with van der Waals surface area (Å²) in [6.45, 7) is 2.71. The van der Waals surface area contributed by atoms with E-state index in [9.17, 15) is 4.79 Å². The SMILES string of the molecule is CC1CNC(=O)c2cc(-c3ccnc(N)n3)[nH]c21.Cl. The lowest BCUT2D eigenvalue weighted by Gasteiger charge is -2.18. The zero-order valence-electron chi connectivity index (χ0n) is 10.3. The minimum absolute atomic E-state index is 0. The Kier molecular flexibility index (Phi) is 3.44. The van der Waals surface area contributed by atoms with Gasteiger partial charge < -0.3 is 16.0 Å². The van der Waals surface area contributed by atoms with Gasteiger partial charge in [-0.05, 0) is 12.1 Å². The Balaban J connectivity index is 0.00000133. The van der Waals surface area contributed by atoms with Crippen LogP contribution >= 0.6 is 12.4 Å². The summed E-state index contributed by atoms with van der Waals surface area (Å²) >= 11 is 0. The van der Waals surface area contributed by atoms with Gasteiger partial charge in [-0.2, -0.15) is 0 Å². The van der Waals surface area contributed by atoms with Crippen molar-refractivity contribution in [2.24, 2.45) is 0 Å². The number of amides is 1. The van der Waals surface area contributed by atoms with Crippen molar-refractivity contribution in [3.8, 4) is 11.4 Å². The molecule has 0 fully saturated rings. The summed E-state index contributed by atoms with van der Waals surface area (Å²) in [5, 5.41) is 2.85. The highest BCUT2D eigenvalue weighted by atomic mass is 35.5. The molecule has 3 rings (SSSR count). The summed E-state index contributed by atoms with van der Waals surface area (Å²) < 4.78 is 0. The van der Waals surface area contributed by atoms with E-state index < -0.39 is 0 Å². The first-order valence-electron chi connectivity index (χ1n) is 5.75. The standard InChI is InChI=1S/C12H13N5O.ClH/c1-6-5-15-11(18)7-4-9(16-10(6)7)8-2-3-14-12(13)17-8;/h2-4,6,16H,5H2,1H3,(H,15,18)(H2,13,14,17);1H. The second kappa shape index (κ2) is 4.89. The number of hydrogen-bond acceptors (Lipinski definition) is 4. The monoisotopic (exact) mass is 279 g/mol. The van der Waals surface area contributed by atoms with Crippen LogP contribution in [0.1, 0.15) is 28.9 Å². The van der Waals surface area contributed by atoms with Gasteiger partial charge in [-0.15, -0.1) is 12.4 Å². The van der Waals surface area contributed by atoms with E-state index in [1.807, 2.05) is 6.07 Å². The third-order valence-corrected chi connectivity index (χ3v) is 3.10. The van der Waals surface area contributed by atoms with Gasteiger partial charge in [0.25, 0.3) is 5.91 Å². The molecule has 100 valence electrons. The number of carbonyl (C=O) groups is 1. The Bertz CT molecular complexity index is 624. The van der Waals surface area contributed by atoms with E-state index in [4.69, 9.17) is 5.73 Å². The topological polar surface area (TPSA) is 96.7 Å². The maximum absolute atomic E-state index is 11.8. The molecular formula is C12H14ClN5O. The van der Waals surface area contributed by atoms with Crippen LogP contribution in [0.5, 0.6) is 0 Å². The predicted molar refractivity (Wildman–Crippen MR) is 74.2 cm³/mol. The molecule has 0 radical (unpaired) electrons. The van der Waals surface area contributed by atoms with Gasteiger partial charge in [0.05, 0.1) is 17.0 Å². The lowest BCUT2D eigenvalue weighted by atomic mass is 10.00. The highest BCUT2D eigenvalue weighted by Gasteiger charge is 2.25. The van der Waals surface area contributed by atoms with Crippen LogP contribution in [-0.4, -0.2) is 27.4 Å². The fourth-order valence-electron chi connectivity index (χ4n) is 2.15. The van der Waals surface area contributed by atoms with Gasteiger partial charge >= 0.3 is 0 Å². The number of fused-ring (bicyclic) bond motifs is 1. The van der Waals surface area contributed by atoms with Crippen molar-refractivity contribution in [1.82, 2.24) is 20.3 Å². The molecule has 19 heavy (non-hydrogen) atoms. The Labute approximate surface area is 116 Å². The lowest BCUT2D eigenvalue weighted by molar-refractivity contribution is 0.0941. The number of nitrogens with zero attached hydrogens (tertiary/aromatic N) is 2. The number of aromatic nitrogens is 3. The molecule has 1 amide bonds. The number of nitrogens with one attached hydrogen (secondary N) is 2. The number of nitrogen functional groups attached to an aromatic ring is 1. The van der Waals surface area contributed by atoms with Gasteiger partial charge in [0.15, 0.2) is 0 Å². The van der Waals surface area contributed by atoms with Gasteiger partial charge in [0, 0.05) is 24.4 Å². The van der Waals surface area contributed by atoms with E-state index in [0.29, 0.717) is 17.8 Å². The molecule has 0 aliphatic carbocycles. The molecule has 1 unspecified atom stereocenters. The minimum Gasteiger partial charge on any atom is -0.368 e. The summed E-state index contributed by atoms with van der Waals surface area (Å²) in [5.74, 6) is 0.441.